The highest BCUT2D eigenvalue weighted by Crippen LogP contribution is 2.22. The molecule has 2 heterocycles. The van der Waals surface area contributed by atoms with Crippen LogP contribution in [0.1, 0.15) is 19.3 Å². The lowest BCUT2D eigenvalue weighted by Gasteiger charge is -2.16. The summed E-state index contributed by atoms with van der Waals surface area (Å²) in [5, 5.41) is 0. The molecule has 1 aliphatic carbocycles. The van der Waals surface area contributed by atoms with Crippen LogP contribution in [0, 0.1) is 5.92 Å². The van der Waals surface area contributed by atoms with Crippen LogP contribution in [0.3, 0.4) is 0 Å². The minimum atomic E-state index is 0.184. The molecular formula is C12H15N5O. The van der Waals surface area contributed by atoms with Gasteiger partial charge < -0.3 is 15.5 Å². The molecule has 3 N–H and O–H groups in total. The molecule has 6 nitrogen and oxygen atoms in total. The van der Waals surface area contributed by atoms with E-state index >= 15 is 0 Å². The van der Waals surface area contributed by atoms with Gasteiger partial charge in [0.25, 0.3) is 0 Å². The van der Waals surface area contributed by atoms with Crippen molar-refractivity contribution in [2.75, 3.05) is 12.3 Å². The van der Waals surface area contributed by atoms with Crippen LogP contribution in [0.15, 0.2) is 18.5 Å². The van der Waals surface area contributed by atoms with E-state index in [9.17, 15) is 0 Å². The average molecular weight is 245 g/mol. The molecular weight excluding hydrogens is 230 g/mol. The van der Waals surface area contributed by atoms with Crippen LogP contribution in [0.25, 0.3) is 11.2 Å². The summed E-state index contributed by atoms with van der Waals surface area (Å²) in [5.74, 6) is 1.12. The Hall–Kier alpha value is -2.11. The fourth-order valence-corrected chi connectivity index (χ4v) is 2.13. The number of fused-ring (bicyclic) bond motifs is 1. The molecule has 18 heavy (non-hydrogen) atoms. The third kappa shape index (κ3) is 2.13. The van der Waals surface area contributed by atoms with Gasteiger partial charge in [0.15, 0.2) is 5.65 Å². The van der Waals surface area contributed by atoms with Crippen molar-refractivity contribution in [2.45, 2.75) is 19.3 Å². The lowest BCUT2D eigenvalue weighted by atomic mass is 9.97. The molecule has 3 rings (SSSR count). The number of nitrogens with two attached hydrogens (primary N) is 1. The Labute approximate surface area is 104 Å². The van der Waals surface area contributed by atoms with Gasteiger partial charge in [0.1, 0.15) is 5.52 Å². The number of hydrogen-bond donors (Lipinski definition) is 2. The Bertz CT molecular complexity index is 577. The summed E-state index contributed by atoms with van der Waals surface area (Å²) in [6.07, 6.45) is 9.52. The topological polar surface area (TPSA) is 89.7 Å². The summed E-state index contributed by atoms with van der Waals surface area (Å²) in [5.41, 5.74) is 6.86. The first-order valence-corrected chi connectivity index (χ1v) is 6.09. The van der Waals surface area contributed by atoms with Crippen LogP contribution >= 0.6 is 0 Å². The second-order valence-electron chi connectivity index (χ2n) is 4.42. The van der Waals surface area contributed by atoms with E-state index in [4.69, 9.17) is 10.5 Å². The summed E-state index contributed by atoms with van der Waals surface area (Å²) in [6, 6.07) is 0. The SMILES string of the molecule is Nc1nc(OC[C@@H]2C=CCCC2)c2[nH]cnc2n1. The number of nitrogens with zero attached hydrogens (tertiary/aromatic N) is 3. The van der Waals surface area contributed by atoms with Crippen molar-refractivity contribution >= 4 is 17.1 Å². The third-order valence-electron chi connectivity index (χ3n) is 3.06. The van der Waals surface area contributed by atoms with Crippen molar-refractivity contribution < 1.29 is 4.74 Å². The Morgan fingerprint density at radius 2 is 2.39 bits per heavy atom. The quantitative estimate of drug-likeness (QED) is 0.803. The maximum absolute atomic E-state index is 5.74. The molecule has 0 spiro atoms. The Balaban J connectivity index is 1.79. The molecule has 0 aliphatic heterocycles. The van der Waals surface area contributed by atoms with Crippen molar-refractivity contribution in [1.29, 1.82) is 0 Å². The summed E-state index contributed by atoms with van der Waals surface area (Å²) in [7, 11) is 0. The molecule has 2 aromatic rings. The first-order valence-electron chi connectivity index (χ1n) is 6.09. The van der Waals surface area contributed by atoms with Crippen molar-refractivity contribution in [3.05, 3.63) is 18.5 Å². The summed E-state index contributed by atoms with van der Waals surface area (Å²) in [4.78, 5) is 15.2. The summed E-state index contributed by atoms with van der Waals surface area (Å²) < 4.78 is 5.74. The average Bonchev–Trinajstić information content (AvgIpc) is 2.85. The molecule has 0 amide bonds. The standard InChI is InChI=1S/C12H15N5O/c13-12-16-10-9(14-7-15-10)11(17-12)18-6-8-4-2-1-3-5-8/h2,4,7-8H,1,3,5-6H2,(H3,13,14,15,16,17)/t8-/m1/s1. The highest BCUT2D eigenvalue weighted by Gasteiger charge is 2.13. The highest BCUT2D eigenvalue weighted by atomic mass is 16.5. The molecule has 0 unspecified atom stereocenters. The second kappa shape index (κ2) is 4.64. The molecule has 0 saturated heterocycles. The van der Waals surface area contributed by atoms with Gasteiger partial charge in [-0.15, -0.1) is 0 Å². The van der Waals surface area contributed by atoms with Crippen LogP contribution in [-0.4, -0.2) is 26.5 Å². The molecule has 1 aliphatic rings. The van der Waals surface area contributed by atoms with E-state index < -0.39 is 0 Å². The van der Waals surface area contributed by atoms with Gasteiger partial charge in [0, 0.05) is 5.92 Å². The van der Waals surface area contributed by atoms with Gasteiger partial charge in [-0.3, -0.25) is 0 Å². The monoisotopic (exact) mass is 245 g/mol. The number of rotatable bonds is 3. The maximum atomic E-state index is 5.74. The zero-order valence-corrected chi connectivity index (χ0v) is 9.97. The largest absolute Gasteiger partial charge is 0.475 e. The number of hydrogen-bond acceptors (Lipinski definition) is 5. The fraction of sp³-hybridized carbons (Fsp3) is 0.417. The van der Waals surface area contributed by atoms with Crippen LogP contribution in [-0.2, 0) is 0 Å². The zero-order chi connectivity index (χ0) is 12.4. The summed E-state index contributed by atoms with van der Waals surface area (Å²) in [6.45, 7) is 0.612. The fourth-order valence-electron chi connectivity index (χ4n) is 2.13. The minimum Gasteiger partial charge on any atom is -0.475 e. The van der Waals surface area contributed by atoms with Crippen molar-refractivity contribution in [3.8, 4) is 5.88 Å². The molecule has 94 valence electrons. The van der Waals surface area contributed by atoms with Gasteiger partial charge in [-0.05, 0) is 19.3 Å². The van der Waals surface area contributed by atoms with E-state index in [-0.39, 0.29) is 5.95 Å². The highest BCUT2D eigenvalue weighted by molar-refractivity contribution is 5.76. The number of anilines is 1. The van der Waals surface area contributed by atoms with Crippen LogP contribution in [0.5, 0.6) is 5.88 Å². The predicted octanol–water partition coefficient (Wildman–Crippen LogP) is 1.67. The number of H-pyrrole nitrogens is 1. The normalized spacial score (nSPS) is 19.2. The second-order valence-corrected chi connectivity index (χ2v) is 4.42. The van der Waals surface area contributed by atoms with Crippen LogP contribution in [0.2, 0.25) is 0 Å². The number of allylic oxidation sites excluding steroid dienone is 1. The number of ether oxygens (including phenoxy) is 1. The first-order chi connectivity index (χ1) is 8.83. The van der Waals surface area contributed by atoms with Gasteiger partial charge in [0.05, 0.1) is 12.9 Å². The molecule has 6 heteroatoms. The molecule has 0 bridgehead atoms. The Kier molecular flexibility index (Phi) is 2.84. The van der Waals surface area contributed by atoms with E-state index in [2.05, 4.69) is 32.1 Å². The van der Waals surface area contributed by atoms with Crippen molar-refractivity contribution in [1.82, 2.24) is 19.9 Å². The van der Waals surface area contributed by atoms with Gasteiger partial charge in [-0.2, -0.15) is 9.97 Å². The van der Waals surface area contributed by atoms with Gasteiger partial charge >= 0.3 is 0 Å². The lowest BCUT2D eigenvalue weighted by Crippen LogP contribution is -2.13. The molecule has 0 radical (unpaired) electrons. The van der Waals surface area contributed by atoms with Crippen molar-refractivity contribution in [2.24, 2.45) is 5.92 Å². The van der Waals surface area contributed by atoms with E-state index in [0.717, 1.165) is 6.42 Å². The van der Waals surface area contributed by atoms with Crippen molar-refractivity contribution in [3.63, 3.8) is 0 Å². The number of nitrogen functional groups attached to an aromatic ring is 1. The Morgan fingerprint density at radius 3 is 3.22 bits per heavy atom. The summed E-state index contributed by atoms with van der Waals surface area (Å²) >= 11 is 0. The van der Waals surface area contributed by atoms with E-state index in [0.29, 0.717) is 29.6 Å². The van der Waals surface area contributed by atoms with Gasteiger partial charge in [0.2, 0.25) is 11.8 Å². The molecule has 2 aromatic heterocycles. The Morgan fingerprint density at radius 1 is 1.44 bits per heavy atom. The predicted molar refractivity (Wildman–Crippen MR) is 68.1 cm³/mol. The third-order valence-corrected chi connectivity index (χ3v) is 3.06. The first kappa shape index (κ1) is 11.0. The van der Waals surface area contributed by atoms with E-state index in [1.807, 2.05) is 0 Å². The zero-order valence-electron chi connectivity index (χ0n) is 9.97. The van der Waals surface area contributed by atoms with Crippen LogP contribution in [0.4, 0.5) is 5.95 Å². The lowest BCUT2D eigenvalue weighted by molar-refractivity contribution is 0.257. The molecule has 0 aromatic carbocycles. The minimum absolute atomic E-state index is 0.184. The van der Waals surface area contributed by atoms with Crippen LogP contribution < -0.4 is 10.5 Å². The number of aromatic nitrogens is 4. The van der Waals surface area contributed by atoms with E-state index in [1.165, 1.54) is 12.8 Å². The molecule has 1 atom stereocenters. The van der Waals surface area contributed by atoms with Gasteiger partial charge in [-0.25, -0.2) is 4.98 Å². The number of imidazole rings is 1. The number of nitrogens with one attached hydrogen (secondary N) is 1. The molecule has 0 saturated carbocycles. The number of aromatic amines is 1. The smallest absolute Gasteiger partial charge is 0.245 e. The maximum Gasteiger partial charge on any atom is 0.245 e. The molecule has 0 fully saturated rings. The van der Waals surface area contributed by atoms with Gasteiger partial charge in [-0.1, -0.05) is 12.2 Å². The van der Waals surface area contributed by atoms with E-state index in [1.54, 1.807) is 6.33 Å².